The Labute approximate surface area is 338 Å². The zero-order chi connectivity index (χ0) is 40.8. The molecule has 4 heterocycles. The standard InChI is InChI=1S/C44H50N10O4/c1-28-11-13-32(14-12-28)54-41(22-38(52-54)44(4,5)6)51-43(56)49-35-15-16-37(34-10-8-7-9-33(34)35)57-27-31-17-18-45-39(21-31)50-40-24-47-36(23-48-40)42(55)46-19-20-53-25-29(2)58-30(3)26-53/h7-18,21-24,29-30H,19-20,25-27H2,1-6H3,(H,46,55)(H,45,48,50)(H2,49,51,56)/t29-,30+. The van der Waals surface area contributed by atoms with E-state index in [2.05, 4.69) is 75.7 Å². The molecular formula is C44H50N10O4. The Kier molecular flexibility index (Phi) is 12.0. The Morgan fingerprint density at radius 2 is 1.62 bits per heavy atom. The summed E-state index contributed by atoms with van der Waals surface area (Å²) in [5, 5.41) is 18.6. The molecule has 58 heavy (non-hydrogen) atoms. The molecule has 300 valence electrons. The number of aryl methyl sites for hydroxylation is 1. The van der Waals surface area contributed by atoms with Gasteiger partial charge in [0.15, 0.2) is 0 Å². The molecule has 0 aliphatic carbocycles. The minimum absolute atomic E-state index is 0.175. The van der Waals surface area contributed by atoms with Crippen LogP contribution in [0.5, 0.6) is 5.75 Å². The summed E-state index contributed by atoms with van der Waals surface area (Å²) in [6.07, 6.45) is 4.99. The smallest absolute Gasteiger partial charge is 0.324 e. The predicted molar refractivity (Wildman–Crippen MR) is 226 cm³/mol. The second-order valence-electron chi connectivity index (χ2n) is 15.7. The van der Waals surface area contributed by atoms with Crippen molar-refractivity contribution < 1.29 is 19.1 Å². The van der Waals surface area contributed by atoms with E-state index in [0.29, 0.717) is 35.4 Å². The summed E-state index contributed by atoms with van der Waals surface area (Å²) in [6.45, 7) is 15.6. The van der Waals surface area contributed by atoms with Crippen molar-refractivity contribution in [3.63, 3.8) is 0 Å². The van der Waals surface area contributed by atoms with Gasteiger partial charge in [0.25, 0.3) is 5.91 Å². The molecule has 3 aromatic carbocycles. The number of fused-ring (bicyclic) bond motifs is 1. The topological polar surface area (TPSA) is 160 Å². The lowest BCUT2D eigenvalue weighted by Gasteiger charge is -2.35. The third-order valence-corrected chi connectivity index (χ3v) is 9.70. The fraction of sp³-hybridized carbons (Fsp3) is 0.318. The molecule has 0 saturated carbocycles. The van der Waals surface area contributed by atoms with Gasteiger partial charge in [0.1, 0.15) is 35.5 Å². The van der Waals surface area contributed by atoms with Crippen LogP contribution >= 0.6 is 0 Å². The molecule has 1 aliphatic heterocycles. The maximum Gasteiger partial charge on any atom is 0.324 e. The zero-order valence-electron chi connectivity index (χ0n) is 33.7. The number of rotatable bonds is 12. The molecule has 0 unspecified atom stereocenters. The summed E-state index contributed by atoms with van der Waals surface area (Å²) in [5.41, 5.74) is 4.37. The van der Waals surface area contributed by atoms with Gasteiger partial charge in [-0.25, -0.2) is 24.4 Å². The molecule has 0 radical (unpaired) electrons. The number of amides is 3. The summed E-state index contributed by atoms with van der Waals surface area (Å²) in [5.74, 6) is 1.95. The monoisotopic (exact) mass is 782 g/mol. The Hall–Kier alpha value is -6.38. The van der Waals surface area contributed by atoms with E-state index >= 15 is 0 Å². The third kappa shape index (κ3) is 9.94. The molecule has 0 bridgehead atoms. The van der Waals surface area contributed by atoms with E-state index in [0.717, 1.165) is 52.9 Å². The largest absolute Gasteiger partial charge is 0.488 e. The summed E-state index contributed by atoms with van der Waals surface area (Å²) in [6, 6.07) is 24.7. The number of pyridine rings is 1. The van der Waals surface area contributed by atoms with Crippen LogP contribution in [0.25, 0.3) is 16.5 Å². The Bertz CT molecular complexity index is 2360. The summed E-state index contributed by atoms with van der Waals surface area (Å²) >= 11 is 0. The first-order valence-corrected chi connectivity index (χ1v) is 19.5. The fourth-order valence-electron chi connectivity index (χ4n) is 6.82. The first kappa shape index (κ1) is 39.8. The molecule has 1 fully saturated rings. The zero-order valence-corrected chi connectivity index (χ0v) is 33.7. The maximum absolute atomic E-state index is 13.5. The number of urea groups is 1. The van der Waals surface area contributed by atoms with E-state index in [1.807, 2.05) is 85.8 Å². The van der Waals surface area contributed by atoms with E-state index < -0.39 is 6.03 Å². The average Bonchev–Trinajstić information content (AvgIpc) is 3.62. The first-order valence-electron chi connectivity index (χ1n) is 19.5. The van der Waals surface area contributed by atoms with Gasteiger partial charge in [-0.15, -0.1) is 0 Å². The van der Waals surface area contributed by atoms with E-state index in [1.165, 1.54) is 12.4 Å². The van der Waals surface area contributed by atoms with E-state index in [-0.39, 0.29) is 35.8 Å². The van der Waals surface area contributed by atoms with Crippen LogP contribution in [0.3, 0.4) is 0 Å². The number of carbonyl (C=O) groups is 2. The lowest BCUT2D eigenvalue weighted by molar-refractivity contribution is -0.0672. The normalized spacial score (nSPS) is 15.8. The van der Waals surface area contributed by atoms with Crippen LogP contribution in [0.15, 0.2) is 97.5 Å². The number of hydrogen-bond acceptors (Lipinski definition) is 10. The van der Waals surface area contributed by atoms with Gasteiger partial charge >= 0.3 is 6.03 Å². The van der Waals surface area contributed by atoms with Crippen LogP contribution < -0.4 is 26.0 Å². The first-order chi connectivity index (χ1) is 27.9. The van der Waals surface area contributed by atoms with Crippen molar-refractivity contribution in [1.82, 2.24) is 34.9 Å². The summed E-state index contributed by atoms with van der Waals surface area (Å²) in [7, 11) is 0. The van der Waals surface area contributed by atoms with Gasteiger partial charge in [-0.3, -0.25) is 15.0 Å². The SMILES string of the molecule is Cc1ccc(-n2nc(C(C)(C)C)cc2NC(=O)Nc2ccc(OCc3ccnc(Nc4cnc(C(=O)NCCN5C[C@@H](C)O[C@@H](C)C5)cn4)c3)c3ccccc23)cc1. The average molecular weight is 783 g/mol. The molecule has 3 aromatic heterocycles. The Morgan fingerprint density at radius 1 is 0.862 bits per heavy atom. The van der Waals surface area contributed by atoms with Gasteiger partial charge in [0.2, 0.25) is 0 Å². The molecule has 1 aliphatic rings. The minimum atomic E-state index is -0.393. The predicted octanol–water partition coefficient (Wildman–Crippen LogP) is 7.62. The lowest BCUT2D eigenvalue weighted by atomic mass is 9.92. The minimum Gasteiger partial charge on any atom is -0.488 e. The van der Waals surface area contributed by atoms with E-state index in [1.54, 1.807) is 10.9 Å². The van der Waals surface area contributed by atoms with Gasteiger partial charge in [0, 0.05) is 54.6 Å². The Balaban J connectivity index is 0.960. The number of nitrogens with zero attached hydrogens (tertiary/aromatic N) is 6. The van der Waals surface area contributed by atoms with Crippen LogP contribution in [-0.4, -0.2) is 80.0 Å². The number of hydrogen-bond donors (Lipinski definition) is 4. The van der Waals surface area contributed by atoms with Gasteiger partial charge < -0.3 is 25.4 Å². The van der Waals surface area contributed by atoms with Crippen LogP contribution in [-0.2, 0) is 16.8 Å². The highest BCUT2D eigenvalue weighted by molar-refractivity contribution is 6.07. The number of ether oxygens (including phenoxy) is 2. The number of benzene rings is 3. The van der Waals surface area contributed by atoms with Crippen molar-refractivity contribution >= 4 is 45.9 Å². The van der Waals surface area contributed by atoms with Crippen molar-refractivity contribution in [3.05, 3.63) is 120 Å². The molecule has 1 saturated heterocycles. The lowest BCUT2D eigenvalue weighted by Crippen LogP contribution is -2.47. The number of anilines is 4. The molecule has 7 rings (SSSR count). The van der Waals surface area contributed by atoms with Crippen molar-refractivity contribution in [2.45, 2.75) is 65.8 Å². The van der Waals surface area contributed by atoms with Gasteiger partial charge in [-0.2, -0.15) is 5.10 Å². The van der Waals surface area contributed by atoms with Gasteiger partial charge in [-0.1, -0.05) is 62.7 Å². The summed E-state index contributed by atoms with van der Waals surface area (Å²) in [4.78, 5) is 41.6. The third-order valence-electron chi connectivity index (χ3n) is 9.70. The maximum atomic E-state index is 13.5. The second kappa shape index (κ2) is 17.4. The van der Waals surface area contributed by atoms with Gasteiger partial charge in [0.05, 0.1) is 41.7 Å². The molecule has 14 nitrogen and oxygen atoms in total. The van der Waals surface area contributed by atoms with Crippen LogP contribution in [0.1, 0.15) is 61.9 Å². The number of aromatic nitrogens is 5. The highest BCUT2D eigenvalue weighted by atomic mass is 16.5. The number of carbonyl (C=O) groups excluding carboxylic acids is 2. The van der Waals surface area contributed by atoms with E-state index in [9.17, 15) is 9.59 Å². The number of nitrogens with one attached hydrogen (secondary N) is 4. The summed E-state index contributed by atoms with van der Waals surface area (Å²) < 4.78 is 13.9. The second-order valence-corrected chi connectivity index (χ2v) is 15.7. The molecule has 6 aromatic rings. The quantitative estimate of drug-likeness (QED) is 0.0973. The molecule has 4 N–H and O–H groups in total. The van der Waals surface area contributed by atoms with Crippen molar-refractivity contribution in [3.8, 4) is 11.4 Å². The van der Waals surface area contributed by atoms with Crippen LogP contribution in [0.2, 0.25) is 0 Å². The molecule has 3 amide bonds. The van der Waals surface area contributed by atoms with Crippen molar-refractivity contribution in [2.24, 2.45) is 0 Å². The highest BCUT2D eigenvalue weighted by Gasteiger charge is 2.23. The molecule has 14 heteroatoms. The van der Waals surface area contributed by atoms with Crippen molar-refractivity contribution in [1.29, 1.82) is 0 Å². The van der Waals surface area contributed by atoms with E-state index in [4.69, 9.17) is 14.6 Å². The highest BCUT2D eigenvalue weighted by Crippen LogP contribution is 2.33. The van der Waals surface area contributed by atoms with Crippen LogP contribution in [0.4, 0.5) is 27.9 Å². The van der Waals surface area contributed by atoms with Gasteiger partial charge in [-0.05, 0) is 62.7 Å². The molecular weight excluding hydrogens is 733 g/mol. The van der Waals surface area contributed by atoms with Crippen LogP contribution in [0, 0.1) is 6.92 Å². The number of morpholine rings is 1. The fourth-order valence-corrected chi connectivity index (χ4v) is 6.82. The van der Waals surface area contributed by atoms with Crippen molar-refractivity contribution in [2.75, 3.05) is 42.1 Å². The Morgan fingerprint density at radius 3 is 2.34 bits per heavy atom. The molecule has 0 spiro atoms. The molecule has 2 atom stereocenters.